The average Bonchev–Trinajstić information content (AvgIpc) is 3.53. The molecule has 0 bridgehead atoms. The number of aromatic hydroxyl groups is 1. The molecule has 1 aliphatic rings. The molecule has 2 aromatic carbocycles. The Labute approximate surface area is 249 Å². The predicted molar refractivity (Wildman–Crippen MR) is 170 cm³/mol. The Balaban J connectivity index is -0.000000166. The molecule has 41 heavy (non-hydrogen) atoms. The summed E-state index contributed by atoms with van der Waals surface area (Å²) in [5.41, 5.74) is 0.823. The maximum absolute atomic E-state index is 11.6. The van der Waals surface area contributed by atoms with Crippen LogP contribution in [0.1, 0.15) is 85.5 Å². The molecule has 240 valence electrons. The highest BCUT2D eigenvalue weighted by Gasteiger charge is 2.27. The van der Waals surface area contributed by atoms with Crippen molar-refractivity contribution in [1.82, 2.24) is 10.6 Å². The van der Waals surface area contributed by atoms with Gasteiger partial charge in [-0.25, -0.2) is 0 Å². The van der Waals surface area contributed by atoms with Gasteiger partial charge in [-0.3, -0.25) is 9.59 Å². The molecular weight excluding hydrogens is 528 g/mol. The normalized spacial score (nSPS) is 15.0. The summed E-state index contributed by atoms with van der Waals surface area (Å²) in [4.78, 5) is 22.7. The Bertz CT molecular complexity index is 992. The molecule has 0 spiro atoms. The summed E-state index contributed by atoms with van der Waals surface area (Å²) in [5, 5.41) is 23.6. The Kier molecular flexibility index (Phi) is 26.8. The third-order valence-electron chi connectivity index (χ3n) is 5.24. The van der Waals surface area contributed by atoms with Crippen molar-refractivity contribution in [2.45, 2.75) is 89.2 Å². The van der Waals surface area contributed by atoms with Crippen LogP contribution in [-0.4, -0.2) is 74.8 Å². The van der Waals surface area contributed by atoms with Crippen LogP contribution in [0, 0.1) is 0 Å². The average molecular weight is 587 g/mol. The monoisotopic (exact) mass is 586 g/mol. The van der Waals surface area contributed by atoms with Gasteiger partial charge in [0.1, 0.15) is 29.1 Å². The van der Waals surface area contributed by atoms with Gasteiger partial charge in [0.15, 0.2) is 0 Å². The zero-order chi connectivity index (χ0) is 27.4. The number of aliphatic hydroxyl groups excluding tert-OH is 1. The Morgan fingerprint density at radius 2 is 1.12 bits per heavy atom. The molecule has 1 saturated heterocycles. The number of ether oxygens (including phenoxy) is 4. The molecule has 0 radical (unpaired) electrons. The van der Waals surface area contributed by atoms with E-state index in [2.05, 4.69) is 24.5 Å². The van der Waals surface area contributed by atoms with E-state index in [1.807, 2.05) is 0 Å². The van der Waals surface area contributed by atoms with Gasteiger partial charge >= 0.3 is 0 Å². The number of methoxy groups -OCH3 is 2. The number of hydrogen-bond donors (Lipinski definition) is 4. The fraction of sp³-hybridized carbons (Fsp3) is 0.548. The van der Waals surface area contributed by atoms with Crippen molar-refractivity contribution in [1.29, 1.82) is 0 Å². The number of benzene rings is 2. The highest BCUT2D eigenvalue weighted by Crippen LogP contribution is 2.24. The van der Waals surface area contributed by atoms with Gasteiger partial charge in [-0.2, -0.15) is 0 Å². The van der Waals surface area contributed by atoms with Gasteiger partial charge in [-0.15, -0.1) is 0 Å². The van der Waals surface area contributed by atoms with Crippen LogP contribution in [0.3, 0.4) is 0 Å². The molecule has 0 saturated carbocycles. The van der Waals surface area contributed by atoms with E-state index in [1.54, 1.807) is 45.2 Å². The number of epoxide rings is 1. The molecule has 1 fully saturated rings. The van der Waals surface area contributed by atoms with Crippen molar-refractivity contribution in [3.05, 3.63) is 47.5 Å². The fourth-order valence-electron chi connectivity index (χ4n) is 2.62. The lowest BCUT2D eigenvalue weighted by Crippen LogP contribution is -2.26. The van der Waals surface area contributed by atoms with Crippen LogP contribution in [0.4, 0.5) is 0 Å². The zero-order valence-corrected chi connectivity index (χ0v) is 22.1. The van der Waals surface area contributed by atoms with E-state index in [4.69, 9.17) is 18.9 Å². The summed E-state index contributed by atoms with van der Waals surface area (Å²) < 4.78 is 20.5. The predicted octanol–water partition coefficient (Wildman–Crippen LogP) is 5.94. The summed E-state index contributed by atoms with van der Waals surface area (Å²) in [5.74, 6) is 1.01. The van der Waals surface area contributed by atoms with Crippen LogP contribution in [0.15, 0.2) is 36.4 Å². The third kappa shape index (κ3) is 17.0. The van der Waals surface area contributed by atoms with Crippen LogP contribution in [0.2, 0.25) is 0 Å². The quantitative estimate of drug-likeness (QED) is 0.293. The number of phenols is 1. The first kappa shape index (κ1) is 47.3. The molecule has 2 amide bonds. The second kappa shape index (κ2) is 23.2. The minimum Gasteiger partial charge on any atom is -0.508 e. The largest absolute Gasteiger partial charge is 0.508 e. The minimum absolute atomic E-state index is 0. The minimum atomic E-state index is -0.598. The standard InChI is InChI=1S/C13H19NO4.C9H11NO3.C4H8O.5CH4/c1-8(15)9(2)18-12-6-10(13(16)14-3)5-11(7-12)17-4;1-10-9(12)6-3-7(11)5-8(4-6)13-2;1-3-4(2)5-3;;;;;/h5-9,15H,1-4H3,(H,14,16);3-5,11H,1-2H3,(H,10,12);3-4H,1-2H3;5*1H4/t8-,9-;;3-,4+;;;;;/m0......./s1. The summed E-state index contributed by atoms with van der Waals surface area (Å²) in [6.07, 6.45) is 0.138. The highest BCUT2D eigenvalue weighted by atomic mass is 16.6. The van der Waals surface area contributed by atoms with Crippen LogP contribution in [0.5, 0.6) is 23.0 Å². The molecule has 4 N–H and O–H groups in total. The molecule has 10 heteroatoms. The van der Waals surface area contributed by atoms with Crippen molar-refractivity contribution < 1.29 is 38.7 Å². The molecule has 3 rings (SSSR count). The SMILES string of the molecule is C.C.C.C.C.CNC(=O)c1cc(O)cc(OC)c1.CNC(=O)c1cc(OC)cc(O[C@@H](C)[C@H](C)O)c1.C[C@@H]1O[C@@H]1C. The number of amides is 2. The first-order valence-corrected chi connectivity index (χ1v) is 11.5. The van der Waals surface area contributed by atoms with E-state index in [0.29, 0.717) is 40.6 Å². The van der Waals surface area contributed by atoms with Crippen LogP contribution in [-0.2, 0) is 4.74 Å². The van der Waals surface area contributed by atoms with Crippen molar-refractivity contribution in [3.63, 3.8) is 0 Å². The van der Waals surface area contributed by atoms with Gasteiger partial charge in [-0.05, 0) is 52.0 Å². The lowest BCUT2D eigenvalue weighted by Gasteiger charge is -2.18. The van der Waals surface area contributed by atoms with Crippen molar-refractivity contribution >= 4 is 11.8 Å². The number of aliphatic hydroxyl groups is 1. The van der Waals surface area contributed by atoms with Crippen LogP contribution >= 0.6 is 0 Å². The fourth-order valence-corrected chi connectivity index (χ4v) is 2.62. The molecule has 0 unspecified atom stereocenters. The first-order chi connectivity index (χ1) is 16.9. The summed E-state index contributed by atoms with van der Waals surface area (Å²) in [6.45, 7) is 7.55. The maximum atomic E-state index is 11.6. The number of phenolic OH excluding ortho intramolecular Hbond substituents is 1. The molecule has 10 nitrogen and oxygen atoms in total. The number of carbonyl (C=O) groups is 2. The van der Waals surface area contributed by atoms with Gasteiger partial charge in [0.25, 0.3) is 11.8 Å². The number of rotatable bonds is 7. The van der Waals surface area contributed by atoms with E-state index in [-0.39, 0.29) is 60.8 Å². The van der Waals surface area contributed by atoms with Crippen LogP contribution < -0.4 is 24.8 Å². The lowest BCUT2D eigenvalue weighted by molar-refractivity contribution is 0.0602. The molecule has 0 aromatic heterocycles. The zero-order valence-electron chi connectivity index (χ0n) is 22.1. The summed E-state index contributed by atoms with van der Waals surface area (Å²) >= 11 is 0. The van der Waals surface area contributed by atoms with Gasteiger partial charge in [0.05, 0.1) is 32.5 Å². The topological polar surface area (TPSA) is 139 Å². The lowest BCUT2D eigenvalue weighted by atomic mass is 10.2. The molecular formula is C31H58N2O8. The summed E-state index contributed by atoms with van der Waals surface area (Å²) in [6, 6.07) is 9.27. The molecule has 0 aliphatic carbocycles. The Hall–Kier alpha value is -3.50. The van der Waals surface area contributed by atoms with Crippen molar-refractivity contribution in [3.8, 4) is 23.0 Å². The van der Waals surface area contributed by atoms with Gasteiger partial charge in [-0.1, -0.05) is 37.1 Å². The second-order valence-corrected chi connectivity index (χ2v) is 8.09. The van der Waals surface area contributed by atoms with E-state index in [1.165, 1.54) is 33.4 Å². The first-order valence-electron chi connectivity index (χ1n) is 11.5. The third-order valence-corrected chi connectivity index (χ3v) is 5.24. The maximum Gasteiger partial charge on any atom is 0.251 e. The number of hydrogen-bond acceptors (Lipinski definition) is 8. The number of carbonyl (C=O) groups excluding carboxylic acids is 2. The Morgan fingerprint density at radius 1 is 0.756 bits per heavy atom. The molecule has 1 aliphatic heterocycles. The van der Waals surface area contributed by atoms with Crippen LogP contribution in [0.25, 0.3) is 0 Å². The van der Waals surface area contributed by atoms with Gasteiger partial charge in [0, 0.05) is 37.4 Å². The van der Waals surface area contributed by atoms with E-state index in [0.717, 1.165) is 0 Å². The highest BCUT2D eigenvalue weighted by molar-refractivity contribution is 5.95. The van der Waals surface area contributed by atoms with E-state index < -0.39 is 6.10 Å². The van der Waals surface area contributed by atoms with Crippen molar-refractivity contribution in [2.75, 3.05) is 28.3 Å². The summed E-state index contributed by atoms with van der Waals surface area (Å²) in [7, 11) is 6.08. The molecule has 1 heterocycles. The van der Waals surface area contributed by atoms with E-state index in [9.17, 15) is 19.8 Å². The van der Waals surface area contributed by atoms with Crippen molar-refractivity contribution in [2.24, 2.45) is 0 Å². The smallest absolute Gasteiger partial charge is 0.251 e. The number of nitrogens with one attached hydrogen (secondary N) is 2. The van der Waals surface area contributed by atoms with E-state index >= 15 is 0 Å². The Morgan fingerprint density at radius 3 is 1.46 bits per heavy atom. The molecule has 4 atom stereocenters. The van der Waals surface area contributed by atoms with Gasteiger partial charge in [0.2, 0.25) is 0 Å². The second-order valence-electron chi connectivity index (χ2n) is 8.09. The molecule has 2 aromatic rings. The van der Waals surface area contributed by atoms with Gasteiger partial charge < -0.3 is 39.8 Å².